The third kappa shape index (κ3) is 10.1. The van der Waals surface area contributed by atoms with Crippen LogP contribution in [-0.2, 0) is 22.4 Å². The van der Waals surface area contributed by atoms with E-state index < -0.39 is 24.0 Å². The minimum atomic E-state index is -0.959. The van der Waals surface area contributed by atoms with Crippen LogP contribution in [0.15, 0.2) is 91.1 Å². The minimum absolute atomic E-state index is 0.385. The molecular formula is C27H30N4O4. The third-order valence-corrected chi connectivity index (χ3v) is 4.80. The second-order valence-electron chi connectivity index (χ2n) is 7.77. The van der Waals surface area contributed by atoms with E-state index >= 15 is 0 Å². The number of nitrogens with two attached hydrogens (primary N) is 2. The number of aromatic nitrogens is 2. The molecule has 2 unspecified atom stereocenters. The maximum atomic E-state index is 10.4. The topological polar surface area (TPSA) is 152 Å². The summed E-state index contributed by atoms with van der Waals surface area (Å²) in [6.07, 6.45) is 2.55. The molecule has 0 saturated heterocycles. The van der Waals surface area contributed by atoms with Gasteiger partial charge in [-0.25, -0.2) is 4.98 Å². The lowest BCUT2D eigenvalue weighted by Crippen LogP contribution is -2.32. The van der Waals surface area contributed by atoms with Crippen molar-refractivity contribution in [1.29, 1.82) is 0 Å². The first kappa shape index (κ1) is 27.1. The summed E-state index contributed by atoms with van der Waals surface area (Å²) < 4.78 is 0. The summed E-state index contributed by atoms with van der Waals surface area (Å²) in [5.74, 6) is -1.92. The molecule has 0 aliphatic carbocycles. The second-order valence-corrected chi connectivity index (χ2v) is 7.77. The summed E-state index contributed by atoms with van der Waals surface area (Å²) in [6.45, 7) is 1.94. The van der Waals surface area contributed by atoms with Crippen LogP contribution in [-0.4, -0.2) is 44.2 Å². The highest BCUT2D eigenvalue weighted by molar-refractivity contribution is 5.74. The standard InChI is InChI=1S/C9H8N2.2C9H11NO2/c1-7-6-10-8-4-2-3-5-9(8)11-7;2*10-8(9(11)12)6-7-4-2-1-3-5-7/h2-6H,1H3;2*1-5,8H,6,10H2,(H,11,12). The Morgan fingerprint density at radius 2 is 1.11 bits per heavy atom. The molecule has 1 aromatic heterocycles. The van der Waals surface area contributed by atoms with Crippen LogP contribution in [0.2, 0.25) is 0 Å². The number of fused-ring (bicyclic) bond motifs is 1. The fourth-order valence-corrected chi connectivity index (χ4v) is 2.96. The monoisotopic (exact) mass is 474 g/mol. The number of aliphatic carboxylic acids is 2. The highest BCUT2D eigenvalue weighted by Crippen LogP contribution is 2.07. The first-order valence-electron chi connectivity index (χ1n) is 11.0. The zero-order valence-corrected chi connectivity index (χ0v) is 19.5. The van der Waals surface area contributed by atoms with E-state index in [4.69, 9.17) is 21.7 Å². The number of carbonyl (C=O) groups is 2. The summed E-state index contributed by atoms with van der Waals surface area (Å²) in [5, 5.41) is 17.0. The predicted octanol–water partition coefficient (Wildman–Crippen LogP) is 3.22. The Labute approximate surface area is 204 Å². The predicted molar refractivity (Wildman–Crippen MR) is 136 cm³/mol. The zero-order chi connectivity index (χ0) is 25.6. The van der Waals surface area contributed by atoms with Crippen molar-refractivity contribution in [1.82, 2.24) is 9.97 Å². The van der Waals surface area contributed by atoms with Crippen molar-refractivity contribution in [2.24, 2.45) is 11.5 Å². The van der Waals surface area contributed by atoms with Gasteiger partial charge in [0.2, 0.25) is 0 Å². The lowest BCUT2D eigenvalue weighted by Gasteiger charge is -2.04. The molecule has 4 rings (SSSR count). The van der Waals surface area contributed by atoms with E-state index in [1.165, 1.54) is 0 Å². The highest BCUT2D eigenvalue weighted by atomic mass is 16.4. The van der Waals surface area contributed by atoms with Gasteiger partial charge in [-0.2, -0.15) is 0 Å². The van der Waals surface area contributed by atoms with Gasteiger partial charge in [0.25, 0.3) is 0 Å². The van der Waals surface area contributed by atoms with Crippen LogP contribution in [0.4, 0.5) is 0 Å². The quantitative estimate of drug-likeness (QED) is 0.332. The third-order valence-electron chi connectivity index (χ3n) is 4.80. The summed E-state index contributed by atoms with van der Waals surface area (Å²) in [4.78, 5) is 29.3. The molecule has 0 aliphatic rings. The van der Waals surface area contributed by atoms with Crippen LogP contribution < -0.4 is 11.5 Å². The van der Waals surface area contributed by atoms with E-state index in [-0.39, 0.29) is 0 Å². The van der Waals surface area contributed by atoms with E-state index in [2.05, 4.69) is 9.97 Å². The van der Waals surface area contributed by atoms with Crippen molar-refractivity contribution in [3.05, 3.63) is 108 Å². The van der Waals surface area contributed by atoms with E-state index in [0.29, 0.717) is 12.8 Å². The molecule has 1 heterocycles. The Hall–Kier alpha value is -4.14. The van der Waals surface area contributed by atoms with Gasteiger partial charge >= 0.3 is 11.9 Å². The first-order valence-corrected chi connectivity index (χ1v) is 11.0. The average Bonchev–Trinajstić information content (AvgIpc) is 2.86. The molecule has 8 heteroatoms. The molecule has 3 aromatic carbocycles. The fraction of sp³-hybridized carbons (Fsp3) is 0.185. The summed E-state index contributed by atoms with van der Waals surface area (Å²) in [5.41, 5.74) is 15.5. The number of hydrogen-bond acceptors (Lipinski definition) is 6. The van der Waals surface area contributed by atoms with Crippen molar-refractivity contribution in [3.8, 4) is 0 Å². The maximum Gasteiger partial charge on any atom is 0.320 e. The largest absolute Gasteiger partial charge is 0.480 e. The Kier molecular flexibility index (Phi) is 11.0. The minimum Gasteiger partial charge on any atom is -0.480 e. The molecule has 0 fully saturated rings. The first-order chi connectivity index (χ1) is 16.8. The van der Waals surface area contributed by atoms with Gasteiger partial charge in [0.15, 0.2) is 0 Å². The van der Waals surface area contributed by atoms with Crippen molar-refractivity contribution >= 4 is 23.0 Å². The van der Waals surface area contributed by atoms with Crippen molar-refractivity contribution in [2.75, 3.05) is 0 Å². The highest BCUT2D eigenvalue weighted by Gasteiger charge is 2.11. The van der Waals surface area contributed by atoms with Crippen LogP contribution in [0.1, 0.15) is 16.8 Å². The van der Waals surface area contributed by atoms with Gasteiger partial charge < -0.3 is 21.7 Å². The molecule has 0 aliphatic heterocycles. The number of para-hydroxylation sites is 2. The SMILES string of the molecule is Cc1cnc2ccccc2n1.NC(Cc1ccccc1)C(=O)O.NC(Cc1ccccc1)C(=O)O. The van der Waals surface area contributed by atoms with Crippen molar-refractivity contribution in [3.63, 3.8) is 0 Å². The Balaban J connectivity index is 0.000000185. The van der Waals surface area contributed by atoms with Crippen LogP contribution in [0, 0.1) is 6.92 Å². The van der Waals surface area contributed by atoms with E-state index in [1.54, 1.807) is 6.20 Å². The molecule has 4 aromatic rings. The maximum absolute atomic E-state index is 10.4. The van der Waals surface area contributed by atoms with Gasteiger partial charge in [0, 0.05) is 6.20 Å². The van der Waals surface area contributed by atoms with E-state index in [1.807, 2.05) is 91.9 Å². The van der Waals surface area contributed by atoms with Crippen LogP contribution in [0.25, 0.3) is 11.0 Å². The number of aryl methyl sites for hydroxylation is 1. The number of nitrogens with zero attached hydrogens (tertiary/aromatic N) is 2. The van der Waals surface area contributed by atoms with Crippen LogP contribution in [0.5, 0.6) is 0 Å². The molecule has 0 saturated carbocycles. The molecular weight excluding hydrogens is 444 g/mol. The molecule has 8 nitrogen and oxygen atoms in total. The summed E-state index contributed by atoms with van der Waals surface area (Å²) >= 11 is 0. The number of rotatable bonds is 6. The molecule has 0 amide bonds. The fourth-order valence-electron chi connectivity index (χ4n) is 2.96. The Morgan fingerprint density at radius 3 is 1.54 bits per heavy atom. The second kappa shape index (κ2) is 14.2. The van der Waals surface area contributed by atoms with Crippen molar-refractivity contribution in [2.45, 2.75) is 31.8 Å². The lowest BCUT2D eigenvalue weighted by molar-refractivity contribution is -0.139. The smallest absolute Gasteiger partial charge is 0.320 e. The Morgan fingerprint density at radius 1 is 0.714 bits per heavy atom. The number of benzene rings is 3. The van der Waals surface area contributed by atoms with Gasteiger partial charge in [-0.05, 0) is 43.0 Å². The van der Waals surface area contributed by atoms with E-state index in [9.17, 15) is 9.59 Å². The molecule has 0 radical (unpaired) electrons. The van der Waals surface area contributed by atoms with Gasteiger partial charge in [-0.3, -0.25) is 14.6 Å². The average molecular weight is 475 g/mol. The van der Waals surface area contributed by atoms with Gasteiger partial charge in [-0.1, -0.05) is 72.8 Å². The Bertz CT molecular complexity index is 1150. The molecule has 6 N–H and O–H groups in total. The van der Waals surface area contributed by atoms with Crippen LogP contribution >= 0.6 is 0 Å². The molecule has 0 spiro atoms. The van der Waals surface area contributed by atoms with Gasteiger partial charge in [0.1, 0.15) is 12.1 Å². The number of carboxylic acid groups (broad SMARTS) is 2. The van der Waals surface area contributed by atoms with Gasteiger partial charge in [-0.15, -0.1) is 0 Å². The zero-order valence-electron chi connectivity index (χ0n) is 19.5. The van der Waals surface area contributed by atoms with Crippen molar-refractivity contribution < 1.29 is 19.8 Å². The summed E-state index contributed by atoms with van der Waals surface area (Å²) in [7, 11) is 0. The number of hydrogen-bond donors (Lipinski definition) is 4. The number of carboxylic acids is 2. The van der Waals surface area contributed by atoms with Crippen LogP contribution in [0.3, 0.4) is 0 Å². The molecule has 182 valence electrons. The molecule has 0 bridgehead atoms. The van der Waals surface area contributed by atoms with E-state index in [0.717, 1.165) is 27.9 Å². The summed E-state index contributed by atoms with van der Waals surface area (Å²) in [6, 6.07) is 24.9. The van der Waals surface area contributed by atoms with Gasteiger partial charge in [0.05, 0.1) is 16.7 Å². The normalized spacial score (nSPS) is 11.7. The molecule has 2 atom stereocenters. The molecule has 35 heavy (non-hydrogen) atoms. The lowest BCUT2D eigenvalue weighted by atomic mass is 10.1.